The van der Waals surface area contributed by atoms with E-state index in [1.807, 2.05) is 4.72 Å². The molecule has 1 aliphatic carbocycles. The highest BCUT2D eigenvalue weighted by Gasteiger charge is 2.23. The summed E-state index contributed by atoms with van der Waals surface area (Å²) in [5.74, 6) is -2.61. The molecule has 1 atom stereocenters. The number of halogens is 1. The van der Waals surface area contributed by atoms with Crippen molar-refractivity contribution in [1.82, 2.24) is 15.4 Å². The Morgan fingerprint density at radius 3 is 2.57 bits per heavy atom. The highest BCUT2D eigenvalue weighted by atomic mass is 32.2. The van der Waals surface area contributed by atoms with Gasteiger partial charge in [-0.3, -0.25) is 14.9 Å². The summed E-state index contributed by atoms with van der Waals surface area (Å²) in [7, 11) is -4.12. The lowest BCUT2D eigenvalue weighted by atomic mass is 10.2. The largest absolute Gasteiger partial charge is 0.452 e. The molecule has 1 aromatic rings. The van der Waals surface area contributed by atoms with Crippen LogP contribution in [0.25, 0.3) is 0 Å². The molecule has 0 heterocycles. The van der Waals surface area contributed by atoms with Gasteiger partial charge < -0.3 is 10.1 Å². The van der Waals surface area contributed by atoms with Crippen LogP contribution < -0.4 is 15.4 Å². The lowest BCUT2D eigenvalue weighted by molar-refractivity contribution is -0.153. The second kappa shape index (κ2) is 9.60. The van der Waals surface area contributed by atoms with Gasteiger partial charge in [-0.25, -0.2) is 17.6 Å². The van der Waals surface area contributed by atoms with Gasteiger partial charge in [0.2, 0.25) is 10.0 Å². The number of amides is 3. The summed E-state index contributed by atoms with van der Waals surface area (Å²) in [6, 6.07) is 3.60. The molecular formula is C17H22FN3O6S. The number of carbonyl (C=O) groups is 3. The Labute approximate surface area is 162 Å². The highest BCUT2D eigenvalue weighted by molar-refractivity contribution is 7.89. The van der Waals surface area contributed by atoms with Gasteiger partial charge in [0.05, 0.1) is 4.90 Å². The van der Waals surface area contributed by atoms with Gasteiger partial charge in [0.1, 0.15) is 12.4 Å². The Kier molecular flexibility index (Phi) is 7.46. The molecule has 0 aliphatic heterocycles. The summed E-state index contributed by atoms with van der Waals surface area (Å²) in [6.07, 6.45) is 2.41. The minimum atomic E-state index is -4.12. The van der Waals surface area contributed by atoms with E-state index in [2.05, 4.69) is 10.6 Å². The van der Waals surface area contributed by atoms with Crippen molar-refractivity contribution < 1.29 is 31.9 Å². The minimum Gasteiger partial charge on any atom is -0.452 e. The lowest BCUT2D eigenvalue weighted by Gasteiger charge is -2.15. The summed E-state index contributed by atoms with van der Waals surface area (Å²) in [5.41, 5.74) is 0. The van der Waals surface area contributed by atoms with Crippen LogP contribution >= 0.6 is 0 Å². The average Bonchev–Trinajstić information content (AvgIpc) is 3.12. The van der Waals surface area contributed by atoms with E-state index in [0.717, 1.165) is 43.9 Å². The lowest BCUT2D eigenvalue weighted by Crippen LogP contribution is -2.47. The number of ether oxygens (including phenoxy) is 1. The molecule has 0 radical (unpaired) electrons. The smallest absolute Gasteiger partial charge is 0.321 e. The van der Waals surface area contributed by atoms with E-state index < -0.39 is 46.4 Å². The Hall–Kier alpha value is -2.53. The maximum atomic E-state index is 13.1. The maximum absolute atomic E-state index is 13.1. The summed E-state index contributed by atoms with van der Waals surface area (Å²) < 4.78 is 43.9. The predicted molar refractivity (Wildman–Crippen MR) is 96.1 cm³/mol. The number of carbonyl (C=O) groups excluding carboxylic acids is 3. The zero-order chi connectivity index (χ0) is 20.7. The van der Waals surface area contributed by atoms with Crippen LogP contribution in [0.3, 0.4) is 0 Å². The van der Waals surface area contributed by atoms with Crippen molar-refractivity contribution in [2.75, 3.05) is 6.54 Å². The fraction of sp³-hybridized carbons (Fsp3) is 0.471. The van der Waals surface area contributed by atoms with Crippen molar-refractivity contribution in [2.24, 2.45) is 0 Å². The minimum absolute atomic E-state index is 0.0166. The Morgan fingerprint density at radius 1 is 1.25 bits per heavy atom. The molecule has 1 saturated carbocycles. The van der Waals surface area contributed by atoms with Crippen molar-refractivity contribution >= 4 is 27.9 Å². The number of benzene rings is 1. The van der Waals surface area contributed by atoms with E-state index in [9.17, 15) is 27.2 Å². The standard InChI is InChI=1S/C17H22FN3O6S/c1-11(16(23)21-17(24)20-13-6-2-3-7-13)27-15(22)10-19-28(25,26)14-8-4-5-12(18)9-14/h4-5,8-9,11,13,19H,2-3,6-7,10H2,1H3,(H2,20,21,23,24)/t11-/m0/s1. The molecule has 0 bridgehead atoms. The van der Waals surface area contributed by atoms with E-state index in [1.54, 1.807) is 0 Å². The number of imide groups is 1. The van der Waals surface area contributed by atoms with Gasteiger partial charge in [-0.15, -0.1) is 0 Å². The van der Waals surface area contributed by atoms with E-state index >= 15 is 0 Å². The maximum Gasteiger partial charge on any atom is 0.321 e. The molecule has 0 spiro atoms. The van der Waals surface area contributed by atoms with E-state index in [-0.39, 0.29) is 10.9 Å². The number of rotatable bonds is 7. The van der Waals surface area contributed by atoms with Crippen molar-refractivity contribution in [3.63, 3.8) is 0 Å². The van der Waals surface area contributed by atoms with Gasteiger partial charge in [-0.2, -0.15) is 4.72 Å². The van der Waals surface area contributed by atoms with Crippen LogP contribution in [-0.4, -0.2) is 45.0 Å². The van der Waals surface area contributed by atoms with E-state index in [4.69, 9.17) is 4.74 Å². The third-order valence-corrected chi connectivity index (χ3v) is 5.52. The summed E-state index contributed by atoms with van der Waals surface area (Å²) in [5, 5.41) is 4.72. The first-order valence-electron chi connectivity index (χ1n) is 8.73. The zero-order valence-corrected chi connectivity index (χ0v) is 16.1. The monoisotopic (exact) mass is 415 g/mol. The van der Waals surface area contributed by atoms with Gasteiger partial charge in [-0.05, 0) is 38.0 Å². The number of urea groups is 1. The molecule has 154 valence electrons. The molecule has 28 heavy (non-hydrogen) atoms. The Bertz CT molecular complexity index is 839. The molecule has 1 aromatic carbocycles. The molecule has 0 aromatic heterocycles. The van der Waals surface area contributed by atoms with Crippen LogP contribution in [0.5, 0.6) is 0 Å². The number of nitrogens with one attached hydrogen (secondary N) is 3. The molecule has 1 aliphatic rings. The van der Waals surface area contributed by atoms with Gasteiger partial charge in [0.15, 0.2) is 6.10 Å². The molecular weight excluding hydrogens is 393 g/mol. The first-order valence-corrected chi connectivity index (χ1v) is 10.2. The molecule has 11 heteroatoms. The summed E-state index contributed by atoms with van der Waals surface area (Å²) in [6.45, 7) is 0.488. The van der Waals surface area contributed by atoms with Gasteiger partial charge in [0, 0.05) is 6.04 Å². The highest BCUT2D eigenvalue weighted by Crippen LogP contribution is 2.17. The Morgan fingerprint density at radius 2 is 1.93 bits per heavy atom. The van der Waals surface area contributed by atoms with E-state index in [0.29, 0.717) is 0 Å². The van der Waals surface area contributed by atoms with Crippen molar-refractivity contribution in [2.45, 2.75) is 49.6 Å². The number of esters is 1. The van der Waals surface area contributed by atoms with Crippen LogP contribution in [-0.2, 0) is 24.3 Å². The second-order valence-corrected chi connectivity index (χ2v) is 8.13. The van der Waals surface area contributed by atoms with Crippen LogP contribution in [0.4, 0.5) is 9.18 Å². The molecule has 3 N–H and O–H groups in total. The second-order valence-electron chi connectivity index (χ2n) is 6.36. The van der Waals surface area contributed by atoms with Gasteiger partial charge in [-0.1, -0.05) is 18.9 Å². The average molecular weight is 415 g/mol. The number of hydrogen-bond acceptors (Lipinski definition) is 6. The van der Waals surface area contributed by atoms with Crippen LogP contribution in [0.15, 0.2) is 29.2 Å². The van der Waals surface area contributed by atoms with Crippen LogP contribution in [0, 0.1) is 5.82 Å². The first-order chi connectivity index (χ1) is 13.2. The van der Waals surface area contributed by atoms with Crippen molar-refractivity contribution in [3.05, 3.63) is 30.1 Å². The molecule has 0 saturated heterocycles. The van der Waals surface area contributed by atoms with Crippen molar-refractivity contribution in [3.8, 4) is 0 Å². The number of hydrogen-bond donors (Lipinski definition) is 3. The fourth-order valence-corrected chi connectivity index (χ4v) is 3.67. The summed E-state index contributed by atoms with van der Waals surface area (Å²) in [4.78, 5) is 35.0. The Balaban J connectivity index is 1.78. The topological polar surface area (TPSA) is 131 Å². The zero-order valence-electron chi connectivity index (χ0n) is 15.2. The molecule has 3 amide bonds. The molecule has 0 unspecified atom stereocenters. The number of sulfonamides is 1. The molecule has 2 rings (SSSR count). The summed E-state index contributed by atoms with van der Waals surface area (Å²) >= 11 is 0. The van der Waals surface area contributed by atoms with Crippen LogP contribution in [0.2, 0.25) is 0 Å². The molecule has 9 nitrogen and oxygen atoms in total. The predicted octanol–water partition coefficient (Wildman–Crippen LogP) is 0.804. The van der Waals surface area contributed by atoms with Gasteiger partial charge in [0.25, 0.3) is 5.91 Å². The quantitative estimate of drug-likeness (QED) is 0.565. The normalized spacial score (nSPS) is 15.6. The molecule has 1 fully saturated rings. The van der Waals surface area contributed by atoms with Gasteiger partial charge >= 0.3 is 12.0 Å². The third-order valence-electron chi connectivity index (χ3n) is 4.12. The van der Waals surface area contributed by atoms with E-state index in [1.165, 1.54) is 13.0 Å². The third kappa shape index (κ3) is 6.57. The fourth-order valence-electron chi connectivity index (χ4n) is 2.67. The van der Waals surface area contributed by atoms with Crippen molar-refractivity contribution in [1.29, 1.82) is 0 Å². The first kappa shape index (κ1) is 21.8. The van der Waals surface area contributed by atoms with Crippen LogP contribution in [0.1, 0.15) is 32.6 Å². The SMILES string of the molecule is C[C@H](OC(=O)CNS(=O)(=O)c1cccc(F)c1)C(=O)NC(=O)NC1CCCC1.